The van der Waals surface area contributed by atoms with Crippen molar-refractivity contribution in [2.24, 2.45) is 5.92 Å². The molecule has 0 saturated carbocycles. The first-order valence-corrected chi connectivity index (χ1v) is 7.52. The number of rotatable bonds is 4. The first-order chi connectivity index (χ1) is 9.43. The van der Waals surface area contributed by atoms with Gasteiger partial charge in [0.15, 0.2) is 0 Å². The van der Waals surface area contributed by atoms with E-state index in [9.17, 15) is 4.79 Å². The van der Waals surface area contributed by atoms with Gasteiger partial charge in [-0.05, 0) is 53.1 Å². The van der Waals surface area contributed by atoms with Crippen LogP contribution in [0.15, 0.2) is 18.2 Å². The normalized spacial score (nSPS) is 12.8. The predicted octanol–water partition coefficient (Wildman–Crippen LogP) is 2.98. The number of benzene rings is 1. The van der Waals surface area contributed by atoms with E-state index in [-0.39, 0.29) is 5.97 Å². The van der Waals surface area contributed by atoms with Gasteiger partial charge in [0.2, 0.25) is 5.95 Å². The van der Waals surface area contributed by atoms with E-state index in [0.717, 1.165) is 14.6 Å². The summed E-state index contributed by atoms with van der Waals surface area (Å²) in [7, 11) is 1.40. The van der Waals surface area contributed by atoms with Crippen LogP contribution in [0.3, 0.4) is 0 Å². The van der Waals surface area contributed by atoms with Crippen LogP contribution in [0.5, 0.6) is 0 Å². The molecule has 0 aliphatic rings. The van der Waals surface area contributed by atoms with Crippen molar-refractivity contribution in [3.63, 3.8) is 0 Å². The molecule has 2 aromatic rings. The summed E-state index contributed by atoms with van der Waals surface area (Å²) in [5.74, 6) is 0.404. The molecule has 1 unspecified atom stereocenters. The molecule has 0 spiro atoms. The Balaban J connectivity index is 2.57. The van der Waals surface area contributed by atoms with Crippen LogP contribution in [0.4, 0.5) is 5.95 Å². The number of nitrogens with zero attached hydrogens (tertiary/aromatic N) is 2. The third-order valence-corrected chi connectivity index (χ3v) is 3.83. The Morgan fingerprint density at radius 1 is 1.50 bits per heavy atom. The van der Waals surface area contributed by atoms with Gasteiger partial charge in [0.25, 0.3) is 0 Å². The third kappa shape index (κ3) is 2.89. The van der Waals surface area contributed by atoms with Gasteiger partial charge in [0, 0.05) is 3.57 Å². The molecule has 5 nitrogen and oxygen atoms in total. The quantitative estimate of drug-likeness (QED) is 0.647. The fraction of sp³-hybridized carbons (Fsp3) is 0.429. The molecule has 0 saturated heterocycles. The molecule has 0 amide bonds. The van der Waals surface area contributed by atoms with Crippen LogP contribution in [-0.4, -0.2) is 22.6 Å². The van der Waals surface area contributed by atoms with E-state index in [1.165, 1.54) is 7.11 Å². The molecule has 20 heavy (non-hydrogen) atoms. The molecule has 0 bridgehead atoms. The van der Waals surface area contributed by atoms with Crippen molar-refractivity contribution in [1.82, 2.24) is 9.55 Å². The molecule has 108 valence electrons. The van der Waals surface area contributed by atoms with Crippen LogP contribution in [0.1, 0.15) is 26.3 Å². The first-order valence-electron chi connectivity index (χ1n) is 6.44. The highest BCUT2D eigenvalue weighted by atomic mass is 127. The maximum Gasteiger partial charge on any atom is 0.328 e. The number of nitrogens with two attached hydrogens (primary N) is 1. The van der Waals surface area contributed by atoms with E-state index in [0.29, 0.717) is 18.3 Å². The highest BCUT2D eigenvalue weighted by molar-refractivity contribution is 14.1. The lowest BCUT2D eigenvalue weighted by Crippen LogP contribution is -2.23. The van der Waals surface area contributed by atoms with Gasteiger partial charge in [0.1, 0.15) is 6.04 Å². The van der Waals surface area contributed by atoms with Gasteiger partial charge >= 0.3 is 5.97 Å². The summed E-state index contributed by atoms with van der Waals surface area (Å²) in [4.78, 5) is 16.4. The minimum absolute atomic E-state index is 0.289. The van der Waals surface area contributed by atoms with Crippen LogP contribution in [0, 0.1) is 9.49 Å². The number of nitrogen functional groups attached to an aromatic ring is 1. The summed E-state index contributed by atoms with van der Waals surface area (Å²) >= 11 is 2.23. The zero-order valence-corrected chi connectivity index (χ0v) is 13.9. The lowest BCUT2D eigenvalue weighted by molar-refractivity contribution is -0.145. The lowest BCUT2D eigenvalue weighted by Gasteiger charge is -2.20. The number of aromatic nitrogens is 2. The molecule has 1 heterocycles. The van der Waals surface area contributed by atoms with Crippen molar-refractivity contribution in [3.8, 4) is 0 Å². The number of esters is 1. The van der Waals surface area contributed by atoms with Gasteiger partial charge in [-0.3, -0.25) is 4.57 Å². The van der Waals surface area contributed by atoms with Crippen molar-refractivity contribution in [1.29, 1.82) is 0 Å². The van der Waals surface area contributed by atoms with Crippen LogP contribution in [0.25, 0.3) is 11.0 Å². The summed E-state index contributed by atoms with van der Waals surface area (Å²) in [5.41, 5.74) is 7.67. The van der Waals surface area contributed by atoms with Gasteiger partial charge in [-0.1, -0.05) is 13.8 Å². The molecule has 2 rings (SSSR count). The Morgan fingerprint density at radius 2 is 2.20 bits per heavy atom. The molecule has 2 N–H and O–H groups in total. The Kier molecular flexibility index (Phi) is 4.52. The minimum Gasteiger partial charge on any atom is -0.467 e. The van der Waals surface area contributed by atoms with Gasteiger partial charge in [-0.25, -0.2) is 9.78 Å². The predicted molar refractivity (Wildman–Crippen MR) is 87.4 cm³/mol. The molecular weight excluding hydrogens is 369 g/mol. The second-order valence-corrected chi connectivity index (χ2v) is 6.39. The van der Waals surface area contributed by atoms with Gasteiger partial charge < -0.3 is 10.5 Å². The lowest BCUT2D eigenvalue weighted by atomic mass is 10.0. The number of fused-ring (bicyclic) bond motifs is 1. The van der Waals surface area contributed by atoms with Crippen LogP contribution >= 0.6 is 22.6 Å². The minimum atomic E-state index is -0.440. The van der Waals surface area contributed by atoms with Crippen molar-refractivity contribution in [3.05, 3.63) is 21.8 Å². The van der Waals surface area contributed by atoms with Crippen LogP contribution < -0.4 is 5.73 Å². The van der Waals surface area contributed by atoms with E-state index >= 15 is 0 Å². The zero-order chi connectivity index (χ0) is 14.9. The second kappa shape index (κ2) is 5.99. The Morgan fingerprint density at radius 3 is 2.80 bits per heavy atom. The first kappa shape index (κ1) is 15.1. The number of hydrogen-bond acceptors (Lipinski definition) is 4. The second-order valence-electron chi connectivity index (χ2n) is 5.14. The van der Waals surface area contributed by atoms with Crippen molar-refractivity contribution in [2.75, 3.05) is 12.8 Å². The Hall–Kier alpha value is -1.31. The number of anilines is 1. The number of imidazole rings is 1. The average molecular weight is 387 g/mol. The fourth-order valence-electron chi connectivity index (χ4n) is 2.31. The smallest absolute Gasteiger partial charge is 0.328 e. The monoisotopic (exact) mass is 387 g/mol. The van der Waals surface area contributed by atoms with E-state index in [2.05, 4.69) is 41.4 Å². The SMILES string of the molecule is COC(=O)C(CC(C)C)n1c(N)nc2cc(I)ccc21. The van der Waals surface area contributed by atoms with E-state index < -0.39 is 6.04 Å². The number of methoxy groups -OCH3 is 1. The summed E-state index contributed by atoms with van der Waals surface area (Å²) in [6.07, 6.45) is 0.661. The Labute approximate surface area is 131 Å². The largest absolute Gasteiger partial charge is 0.467 e. The Bertz CT molecular complexity index is 637. The molecule has 0 fully saturated rings. The number of hydrogen-bond donors (Lipinski definition) is 1. The number of carbonyl (C=O) groups excluding carboxylic acids is 1. The molecule has 0 aliphatic carbocycles. The summed E-state index contributed by atoms with van der Waals surface area (Å²) in [6, 6.07) is 5.43. The molecule has 1 aromatic heterocycles. The molecule has 0 radical (unpaired) electrons. The average Bonchev–Trinajstić information content (AvgIpc) is 2.69. The maximum absolute atomic E-state index is 12.1. The topological polar surface area (TPSA) is 70.1 Å². The van der Waals surface area contributed by atoms with Crippen LogP contribution in [-0.2, 0) is 9.53 Å². The van der Waals surface area contributed by atoms with E-state index in [1.807, 2.05) is 18.2 Å². The highest BCUT2D eigenvalue weighted by Crippen LogP contribution is 2.28. The van der Waals surface area contributed by atoms with Crippen molar-refractivity contribution >= 4 is 45.5 Å². The van der Waals surface area contributed by atoms with Crippen molar-refractivity contribution < 1.29 is 9.53 Å². The van der Waals surface area contributed by atoms with Gasteiger partial charge in [-0.15, -0.1) is 0 Å². The molecule has 0 aliphatic heterocycles. The fourth-order valence-corrected chi connectivity index (χ4v) is 2.78. The standard InChI is InChI=1S/C14H18IN3O2/c1-8(2)6-12(13(19)20-3)18-11-5-4-9(15)7-10(11)17-14(18)16/h4-5,7-8,12H,6H2,1-3H3,(H2,16,17). The molecule has 6 heteroatoms. The maximum atomic E-state index is 12.1. The van der Waals surface area contributed by atoms with E-state index in [4.69, 9.17) is 10.5 Å². The van der Waals surface area contributed by atoms with Gasteiger partial charge in [0.05, 0.1) is 18.1 Å². The summed E-state index contributed by atoms with van der Waals surface area (Å²) < 4.78 is 7.78. The van der Waals surface area contributed by atoms with Gasteiger partial charge in [-0.2, -0.15) is 0 Å². The highest BCUT2D eigenvalue weighted by Gasteiger charge is 2.26. The van der Waals surface area contributed by atoms with E-state index in [1.54, 1.807) is 4.57 Å². The summed E-state index contributed by atoms with van der Waals surface area (Å²) in [6.45, 7) is 4.13. The number of halogens is 1. The third-order valence-electron chi connectivity index (χ3n) is 3.16. The zero-order valence-electron chi connectivity index (χ0n) is 11.8. The summed E-state index contributed by atoms with van der Waals surface area (Å²) in [5, 5.41) is 0. The molecule has 1 aromatic carbocycles. The number of ether oxygens (including phenoxy) is 1. The number of carbonyl (C=O) groups is 1. The van der Waals surface area contributed by atoms with Crippen LogP contribution in [0.2, 0.25) is 0 Å². The molecular formula is C14H18IN3O2. The van der Waals surface area contributed by atoms with Crippen molar-refractivity contribution in [2.45, 2.75) is 26.3 Å². The molecule has 1 atom stereocenters.